The Hall–Kier alpha value is -4.04. The lowest BCUT2D eigenvalue weighted by molar-refractivity contribution is -0.143. The summed E-state index contributed by atoms with van der Waals surface area (Å²) in [5, 5.41) is 8.49. The minimum atomic E-state index is -0.324. The fraction of sp³-hybridized carbons (Fsp3) is 0.267. The van der Waals surface area contributed by atoms with Gasteiger partial charge in [-0.15, -0.1) is 0 Å². The van der Waals surface area contributed by atoms with Gasteiger partial charge in [0.15, 0.2) is 5.11 Å². The summed E-state index contributed by atoms with van der Waals surface area (Å²) in [4.78, 5) is 37.1. The number of nitrogens with one attached hydrogen (secondary N) is 3. The fourth-order valence-electron chi connectivity index (χ4n) is 3.72. The lowest BCUT2D eigenvalue weighted by atomic mass is 10.1. The van der Waals surface area contributed by atoms with E-state index >= 15 is 0 Å². The molecule has 0 radical (unpaired) electrons. The van der Waals surface area contributed by atoms with Crippen LogP contribution in [0.25, 0.3) is 0 Å². The average Bonchev–Trinajstić information content (AvgIpc) is 2.89. The minimum Gasteiger partial charge on any atom is -0.466 e. The Balaban J connectivity index is 1.38. The monoisotopic (exact) mass is 531 g/mol. The molecule has 3 rings (SSSR count). The van der Waals surface area contributed by atoms with Gasteiger partial charge >= 0.3 is 5.97 Å². The van der Waals surface area contributed by atoms with E-state index in [2.05, 4.69) is 16.0 Å². The van der Waals surface area contributed by atoms with Gasteiger partial charge in [0.2, 0.25) is 5.91 Å². The van der Waals surface area contributed by atoms with Gasteiger partial charge in [0.1, 0.15) is 0 Å². The van der Waals surface area contributed by atoms with E-state index < -0.39 is 0 Å². The van der Waals surface area contributed by atoms with Crippen molar-refractivity contribution >= 4 is 46.5 Å². The number of anilines is 2. The maximum atomic E-state index is 12.9. The molecule has 38 heavy (non-hydrogen) atoms. The molecule has 0 atom stereocenters. The molecule has 8 heteroatoms. The number of carbonyl (C=O) groups is 3. The number of benzene rings is 3. The summed E-state index contributed by atoms with van der Waals surface area (Å²) in [6.45, 7) is 4.34. The van der Waals surface area contributed by atoms with Crippen LogP contribution in [0.3, 0.4) is 0 Å². The molecule has 2 amide bonds. The highest BCUT2D eigenvalue weighted by Crippen LogP contribution is 2.19. The number of ether oxygens (including phenoxy) is 1. The van der Waals surface area contributed by atoms with Crippen LogP contribution < -0.4 is 16.0 Å². The molecular weight excluding hydrogens is 498 g/mol. The molecule has 0 bridgehead atoms. The Morgan fingerprint density at radius 1 is 0.816 bits per heavy atom. The van der Waals surface area contributed by atoms with E-state index in [0.717, 1.165) is 24.0 Å². The third-order valence-corrected chi connectivity index (χ3v) is 6.14. The maximum absolute atomic E-state index is 12.9. The molecular formula is C30H33N3O4S. The molecule has 0 heterocycles. The first-order valence-corrected chi connectivity index (χ1v) is 13.0. The molecule has 0 saturated carbocycles. The van der Waals surface area contributed by atoms with Crippen LogP contribution in [0.4, 0.5) is 11.4 Å². The first-order valence-electron chi connectivity index (χ1n) is 12.6. The number of hydrogen-bond donors (Lipinski definition) is 3. The minimum absolute atomic E-state index is 0.0740. The molecule has 0 aliphatic rings. The van der Waals surface area contributed by atoms with Crippen LogP contribution in [-0.4, -0.2) is 29.5 Å². The Morgan fingerprint density at radius 2 is 1.55 bits per heavy atom. The van der Waals surface area contributed by atoms with Gasteiger partial charge in [-0.2, -0.15) is 0 Å². The van der Waals surface area contributed by atoms with Gasteiger partial charge in [0.25, 0.3) is 5.91 Å². The molecule has 0 aromatic heterocycles. The first-order chi connectivity index (χ1) is 18.3. The van der Waals surface area contributed by atoms with E-state index in [4.69, 9.17) is 17.0 Å². The molecule has 0 spiro atoms. The topological polar surface area (TPSA) is 96.5 Å². The largest absolute Gasteiger partial charge is 0.466 e. The van der Waals surface area contributed by atoms with Crippen molar-refractivity contribution in [1.82, 2.24) is 5.32 Å². The van der Waals surface area contributed by atoms with E-state index in [9.17, 15) is 14.4 Å². The van der Waals surface area contributed by atoms with Crippen LogP contribution in [0.1, 0.15) is 52.7 Å². The van der Waals surface area contributed by atoms with Gasteiger partial charge in [0, 0.05) is 18.5 Å². The van der Waals surface area contributed by atoms with E-state index in [1.807, 2.05) is 62.4 Å². The van der Waals surface area contributed by atoms with Gasteiger partial charge in [0.05, 0.1) is 17.9 Å². The van der Waals surface area contributed by atoms with Crippen molar-refractivity contribution in [3.05, 3.63) is 95.1 Å². The fourth-order valence-corrected chi connectivity index (χ4v) is 3.95. The second kappa shape index (κ2) is 14.6. The number of rotatable bonds is 11. The zero-order valence-corrected chi connectivity index (χ0v) is 22.5. The van der Waals surface area contributed by atoms with Crippen molar-refractivity contribution in [2.24, 2.45) is 0 Å². The van der Waals surface area contributed by atoms with Crippen LogP contribution in [0.5, 0.6) is 0 Å². The molecule has 0 aliphatic heterocycles. The van der Waals surface area contributed by atoms with Crippen molar-refractivity contribution in [3.8, 4) is 0 Å². The molecule has 0 unspecified atom stereocenters. The highest BCUT2D eigenvalue weighted by Gasteiger charge is 2.14. The van der Waals surface area contributed by atoms with Crippen LogP contribution >= 0.6 is 12.2 Å². The van der Waals surface area contributed by atoms with E-state index in [0.29, 0.717) is 30.0 Å². The number of esters is 1. The van der Waals surface area contributed by atoms with Gasteiger partial charge in [-0.3, -0.25) is 14.4 Å². The third-order valence-electron chi connectivity index (χ3n) is 5.94. The van der Waals surface area contributed by atoms with Crippen LogP contribution in [0, 0.1) is 13.8 Å². The van der Waals surface area contributed by atoms with Gasteiger partial charge < -0.3 is 20.7 Å². The van der Waals surface area contributed by atoms with Crippen LogP contribution in [-0.2, 0) is 20.7 Å². The summed E-state index contributed by atoms with van der Waals surface area (Å²) in [6, 6.07) is 22.6. The maximum Gasteiger partial charge on any atom is 0.305 e. The molecule has 0 aliphatic carbocycles. The summed E-state index contributed by atoms with van der Waals surface area (Å²) in [7, 11) is 0. The van der Waals surface area contributed by atoms with Crippen molar-refractivity contribution < 1.29 is 19.1 Å². The number of carbonyl (C=O) groups excluding carboxylic acids is 3. The number of hydrogen-bond acceptors (Lipinski definition) is 5. The van der Waals surface area contributed by atoms with Crippen LogP contribution in [0.2, 0.25) is 0 Å². The van der Waals surface area contributed by atoms with Crippen molar-refractivity contribution in [1.29, 1.82) is 0 Å². The van der Waals surface area contributed by atoms with Gasteiger partial charge in [-0.05, 0) is 86.3 Å². The normalized spacial score (nSPS) is 10.4. The molecule has 7 nitrogen and oxygen atoms in total. The summed E-state index contributed by atoms with van der Waals surface area (Å²) in [5.41, 5.74) is 4.97. The third kappa shape index (κ3) is 9.44. The molecule has 3 N–H and O–H groups in total. The van der Waals surface area contributed by atoms with Crippen LogP contribution in [0.15, 0.2) is 72.8 Å². The Bertz CT molecular complexity index is 1280. The number of thiocarbonyl (C=S) groups is 1. The molecule has 0 saturated heterocycles. The lowest BCUT2D eigenvalue weighted by Crippen LogP contribution is -2.34. The van der Waals surface area contributed by atoms with E-state index in [1.165, 1.54) is 5.56 Å². The number of para-hydroxylation sites is 1. The smallest absolute Gasteiger partial charge is 0.305 e. The molecule has 3 aromatic rings. The van der Waals surface area contributed by atoms with Gasteiger partial charge in [-0.25, -0.2) is 0 Å². The molecule has 0 fully saturated rings. The summed E-state index contributed by atoms with van der Waals surface area (Å²) in [6.07, 6.45) is 2.22. The number of aryl methyl sites for hydroxylation is 3. The standard InChI is InChI=1S/C30H33N3O4S/c1-21-17-18-24(20-22(21)2)31-29(36)25-13-6-7-14-26(25)32-30(38)33-27(34)15-8-16-28(35)37-19-9-12-23-10-4-3-5-11-23/h3-7,10-11,13-14,17-18,20H,8-9,12,15-16,19H2,1-2H3,(H,31,36)(H2,32,33,34,38). The number of amides is 2. The lowest BCUT2D eigenvalue weighted by Gasteiger charge is -2.14. The first kappa shape index (κ1) is 28.5. The molecule has 3 aromatic carbocycles. The zero-order chi connectivity index (χ0) is 27.3. The Kier molecular flexibility index (Phi) is 11.0. The van der Waals surface area contributed by atoms with Crippen molar-refractivity contribution in [2.75, 3.05) is 17.2 Å². The summed E-state index contributed by atoms with van der Waals surface area (Å²) >= 11 is 5.27. The average molecular weight is 532 g/mol. The Labute approximate surface area is 229 Å². The highest BCUT2D eigenvalue weighted by molar-refractivity contribution is 7.80. The van der Waals surface area contributed by atoms with Crippen molar-refractivity contribution in [2.45, 2.75) is 46.0 Å². The molecule has 198 valence electrons. The predicted molar refractivity (Wildman–Crippen MR) is 154 cm³/mol. The zero-order valence-electron chi connectivity index (χ0n) is 21.7. The van der Waals surface area contributed by atoms with Crippen molar-refractivity contribution in [3.63, 3.8) is 0 Å². The Morgan fingerprint density at radius 3 is 2.32 bits per heavy atom. The SMILES string of the molecule is Cc1ccc(NC(=O)c2ccccc2NC(=S)NC(=O)CCCC(=O)OCCCc2ccccc2)cc1C. The summed E-state index contributed by atoms with van der Waals surface area (Å²) in [5.74, 6) is -0.945. The predicted octanol–water partition coefficient (Wildman–Crippen LogP) is 5.72. The van der Waals surface area contributed by atoms with Gasteiger partial charge in [-0.1, -0.05) is 48.5 Å². The second-order valence-electron chi connectivity index (χ2n) is 8.96. The summed E-state index contributed by atoms with van der Waals surface area (Å²) < 4.78 is 5.25. The van der Waals surface area contributed by atoms with E-state index in [1.54, 1.807) is 24.3 Å². The van der Waals surface area contributed by atoms with E-state index in [-0.39, 0.29) is 35.7 Å². The quantitative estimate of drug-likeness (QED) is 0.167. The highest BCUT2D eigenvalue weighted by atomic mass is 32.1. The second-order valence-corrected chi connectivity index (χ2v) is 9.37.